The maximum atomic E-state index is 6.07. The Labute approximate surface area is 147 Å². The number of likely N-dealkylation sites (tertiary alicyclic amines) is 1. The molecule has 1 saturated heterocycles. The summed E-state index contributed by atoms with van der Waals surface area (Å²) in [4.78, 5) is 2.49. The second kappa shape index (κ2) is 7.98. The zero-order chi connectivity index (χ0) is 16.1. The first-order chi connectivity index (χ1) is 11.2. The van der Waals surface area contributed by atoms with E-state index in [0.717, 1.165) is 29.8 Å². The molecule has 3 rings (SSSR count). The molecule has 2 nitrogen and oxygen atoms in total. The van der Waals surface area contributed by atoms with E-state index in [-0.39, 0.29) is 0 Å². The van der Waals surface area contributed by atoms with Gasteiger partial charge in [0.2, 0.25) is 0 Å². The normalized spacial score (nSPS) is 15.0. The Morgan fingerprint density at radius 3 is 2.65 bits per heavy atom. The van der Waals surface area contributed by atoms with Crippen molar-refractivity contribution in [2.45, 2.75) is 26.2 Å². The minimum absolute atomic E-state index is 0.774. The van der Waals surface area contributed by atoms with Crippen LogP contribution in [0.1, 0.15) is 29.5 Å². The highest BCUT2D eigenvalue weighted by Crippen LogP contribution is 2.24. The van der Waals surface area contributed by atoms with Crippen molar-refractivity contribution < 1.29 is 4.74 Å². The number of rotatable bonds is 6. The van der Waals surface area contributed by atoms with Crippen molar-refractivity contribution in [3.63, 3.8) is 0 Å². The van der Waals surface area contributed by atoms with Crippen LogP contribution >= 0.6 is 15.9 Å². The number of benzene rings is 2. The van der Waals surface area contributed by atoms with Crippen LogP contribution in [0, 0.1) is 6.92 Å². The van der Waals surface area contributed by atoms with Gasteiger partial charge >= 0.3 is 0 Å². The van der Waals surface area contributed by atoms with Crippen molar-refractivity contribution in [1.82, 2.24) is 4.90 Å². The summed E-state index contributed by atoms with van der Waals surface area (Å²) in [6.07, 6.45) is 3.58. The van der Waals surface area contributed by atoms with E-state index in [1.165, 1.54) is 42.6 Å². The van der Waals surface area contributed by atoms with E-state index >= 15 is 0 Å². The first-order valence-electron chi connectivity index (χ1n) is 8.40. The van der Waals surface area contributed by atoms with Crippen LogP contribution in [-0.2, 0) is 6.42 Å². The van der Waals surface area contributed by atoms with Crippen LogP contribution in [-0.4, -0.2) is 31.1 Å². The highest BCUT2D eigenvalue weighted by atomic mass is 79.9. The van der Waals surface area contributed by atoms with Crippen molar-refractivity contribution in [1.29, 1.82) is 0 Å². The summed E-state index contributed by atoms with van der Waals surface area (Å²) >= 11 is 3.57. The largest absolute Gasteiger partial charge is 0.492 e. The van der Waals surface area contributed by atoms with E-state index in [0.29, 0.717) is 0 Å². The number of nitrogens with zero attached hydrogens (tertiary/aromatic N) is 1. The molecule has 2 aromatic carbocycles. The van der Waals surface area contributed by atoms with E-state index in [1.807, 2.05) is 0 Å². The van der Waals surface area contributed by atoms with E-state index in [2.05, 4.69) is 70.2 Å². The summed E-state index contributed by atoms with van der Waals surface area (Å²) in [5, 5.41) is 0. The number of aryl methyl sites for hydroxylation is 1. The van der Waals surface area contributed by atoms with Gasteiger partial charge in [0.15, 0.2) is 0 Å². The van der Waals surface area contributed by atoms with Crippen molar-refractivity contribution in [3.05, 3.63) is 63.6 Å². The van der Waals surface area contributed by atoms with Crippen LogP contribution in [0.15, 0.2) is 46.9 Å². The number of ether oxygens (including phenoxy) is 1. The fourth-order valence-electron chi connectivity index (χ4n) is 3.12. The molecule has 0 radical (unpaired) electrons. The third kappa shape index (κ3) is 4.58. The molecule has 122 valence electrons. The van der Waals surface area contributed by atoms with Crippen LogP contribution in [0.4, 0.5) is 0 Å². The third-order valence-corrected chi connectivity index (χ3v) is 5.34. The zero-order valence-electron chi connectivity index (χ0n) is 13.7. The van der Waals surface area contributed by atoms with Crippen molar-refractivity contribution in [2.24, 2.45) is 0 Å². The molecule has 0 atom stereocenters. The second-order valence-corrected chi connectivity index (χ2v) is 7.12. The van der Waals surface area contributed by atoms with Gasteiger partial charge in [-0.2, -0.15) is 0 Å². The molecule has 3 heteroatoms. The molecule has 2 aromatic rings. The standard InChI is InChI=1S/C20H24BrNO/c1-16-14-17(8-9-19(16)21)15-18-6-2-3-7-20(18)23-13-12-22-10-4-5-11-22/h2-3,6-9,14H,4-5,10-13,15H2,1H3. The quantitative estimate of drug-likeness (QED) is 0.719. The van der Waals surface area contributed by atoms with Crippen LogP contribution in [0.25, 0.3) is 0 Å². The number of para-hydroxylation sites is 1. The zero-order valence-corrected chi connectivity index (χ0v) is 15.3. The molecule has 1 heterocycles. The van der Waals surface area contributed by atoms with E-state index in [1.54, 1.807) is 0 Å². The summed E-state index contributed by atoms with van der Waals surface area (Å²) in [5.41, 5.74) is 3.85. The summed E-state index contributed by atoms with van der Waals surface area (Å²) in [6.45, 7) is 6.39. The van der Waals surface area contributed by atoms with Crippen LogP contribution in [0.5, 0.6) is 5.75 Å². The Morgan fingerprint density at radius 2 is 1.87 bits per heavy atom. The Balaban J connectivity index is 1.63. The molecule has 0 saturated carbocycles. The van der Waals surface area contributed by atoms with Crippen molar-refractivity contribution in [3.8, 4) is 5.75 Å². The number of hydrogen-bond donors (Lipinski definition) is 0. The smallest absolute Gasteiger partial charge is 0.122 e. The second-order valence-electron chi connectivity index (χ2n) is 6.27. The monoisotopic (exact) mass is 373 g/mol. The molecule has 0 spiro atoms. The number of hydrogen-bond acceptors (Lipinski definition) is 2. The molecule has 0 aliphatic carbocycles. The number of halogens is 1. The lowest BCUT2D eigenvalue weighted by Crippen LogP contribution is -2.25. The van der Waals surface area contributed by atoms with E-state index < -0.39 is 0 Å². The molecule has 23 heavy (non-hydrogen) atoms. The summed E-state index contributed by atoms with van der Waals surface area (Å²) in [5.74, 6) is 1.02. The molecular weight excluding hydrogens is 350 g/mol. The molecule has 0 N–H and O–H groups in total. The lowest BCUT2D eigenvalue weighted by atomic mass is 10.0. The highest BCUT2D eigenvalue weighted by molar-refractivity contribution is 9.10. The van der Waals surface area contributed by atoms with Gasteiger partial charge in [0.25, 0.3) is 0 Å². The third-order valence-electron chi connectivity index (χ3n) is 4.45. The van der Waals surface area contributed by atoms with Crippen LogP contribution < -0.4 is 4.74 Å². The minimum Gasteiger partial charge on any atom is -0.492 e. The summed E-state index contributed by atoms with van der Waals surface area (Å²) < 4.78 is 7.24. The first-order valence-corrected chi connectivity index (χ1v) is 9.20. The topological polar surface area (TPSA) is 12.5 Å². The van der Waals surface area contributed by atoms with Crippen LogP contribution in [0.3, 0.4) is 0 Å². The van der Waals surface area contributed by atoms with E-state index in [4.69, 9.17) is 4.74 Å². The van der Waals surface area contributed by atoms with Gasteiger partial charge in [0, 0.05) is 17.4 Å². The van der Waals surface area contributed by atoms with Crippen molar-refractivity contribution >= 4 is 15.9 Å². The minimum atomic E-state index is 0.774. The Hall–Kier alpha value is -1.32. The summed E-state index contributed by atoms with van der Waals surface area (Å²) in [6, 6.07) is 15.0. The van der Waals surface area contributed by atoms with Gasteiger partial charge in [-0.3, -0.25) is 4.90 Å². The predicted molar refractivity (Wildman–Crippen MR) is 99.3 cm³/mol. The molecule has 0 aromatic heterocycles. The fourth-order valence-corrected chi connectivity index (χ4v) is 3.36. The van der Waals surface area contributed by atoms with E-state index in [9.17, 15) is 0 Å². The van der Waals surface area contributed by atoms with Gasteiger partial charge in [-0.15, -0.1) is 0 Å². The SMILES string of the molecule is Cc1cc(Cc2ccccc2OCCN2CCCC2)ccc1Br. The lowest BCUT2D eigenvalue weighted by molar-refractivity contribution is 0.236. The van der Waals surface area contributed by atoms with Gasteiger partial charge in [-0.1, -0.05) is 46.3 Å². The first kappa shape index (κ1) is 16.5. The van der Waals surface area contributed by atoms with Gasteiger partial charge in [-0.25, -0.2) is 0 Å². The van der Waals surface area contributed by atoms with Gasteiger partial charge in [-0.05, 0) is 61.7 Å². The Kier molecular flexibility index (Phi) is 5.74. The summed E-state index contributed by atoms with van der Waals surface area (Å²) in [7, 11) is 0. The van der Waals surface area contributed by atoms with Gasteiger partial charge in [0.05, 0.1) is 0 Å². The molecule has 1 aliphatic heterocycles. The predicted octanol–water partition coefficient (Wildman–Crippen LogP) is 4.82. The maximum Gasteiger partial charge on any atom is 0.122 e. The Morgan fingerprint density at radius 1 is 1.09 bits per heavy atom. The maximum absolute atomic E-state index is 6.07. The van der Waals surface area contributed by atoms with Gasteiger partial charge < -0.3 is 4.74 Å². The average Bonchev–Trinajstić information content (AvgIpc) is 3.06. The van der Waals surface area contributed by atoms with Gasteiger partial charge in [0.1, 0.15) is 12.4 Å². The molecule has 0 unspecified atom stereocenters. The molecule has 1 fully saturated rings. The molecule has 0 bridgehead atoms. The lowest BCUT2D eigenvalue weighted by Gasteiger charge is -2.16. The highest BCUT2D eigenvalue weighted by Gasteiger charge is 2.11. The average molecular weight is 374 g/mol. The molecule has 1 aliphatic rings. The fraction of sp³-hybridized carbons (Fsp3) is 0.400. The molecular formula is C20H24BrNO. The molecule has 0 amide bonds. The van der Waals surface area contributed by atoms with Crippen LogP contribution in [0.2, 0.25) is 0 Å². The Bertz CT molecular complexity index is 650. The van der Waals surface area contributed by atoms with Crippen molar-refractivity contribution in [2.75, 3.05) is 26.2 Å².